The zero-order valence-corrected chi connectivity index (χ0v) is 10.7. The fourth-order valence-electron chi connectivity index (χ4n) is 1.86. The first-order valence-electron chi connectivity index (χ1n) is 5.69. The Morgan fingerprint density at radius 3 is 2.93 bits per heavy atom. The Bertz CT molecular complexity index is 211. The van der Waals surface area contributed by atoms with Crippen LogP contribution in [0.1, 0.15) is 26.7 Å². The molecule has 1 aliphatic rings. The molecule has 3 unspecified atom stereocenters. The average molecular weight is 230 g/mol. The van der Waals surface area contributed by atoms with Crippen molar-refractivity contribution >= 4 is 17.7 Å². The molecular weight excluding hydrogens is 208 g/mol. The number of hydrogen-bond donors (Lipinski definition) is 2. The number of carbonyl (C=O) groups is 1. The van der Waals surface area contributed by atoms with E-state index in [1.807, 2.05) is 11.8 Å². The molecule has 1 amide bonds. The molecule has 0 aliphatic carbocycles. The Balaban J connectivity index is 2.18. The Morgan fingerprint density at radius 2 is 2.40 bits per heavy atom. The van der Waals surface area contributed by atoms with E-state index in [0.717, 1.165) is 25.9 Å². The number of carbonyl (C=O) groups excluding carboxylic acids is 1. The van der Waals surface area contributed by atoms with Crippen LogP contribution < -0.4 is 10.6 Å². The van der Waals surface area contributed by atoms with Crippen LogP contribution in [0.4, 0.5) is 0 Å². The molecular formula is C11H22N2OS. The van der Waals surface area contributed by atoms with Crippen LogP contribution in [0.25, 0.3) is 0 Å². The van der Waals surface area contributed by atoms with E-state index in [9.17, 15) is 4.79 Å². The molecule has 1 heterocycles. The summed E-state index contributed by atoms with van der Waals surface area (Å²) in [5.74, 6) is 0.399. The zero-order valence-electron chi connectivity index (χ0n) is 9.88. The van der Waals surface area contributed by atoms with Gasteiger partial charge in [0.1, 0.15) is 0 Å². The van der Waals surface area contributed by atoms with Crippen molar-refractivity contribution < 1.29 is 4.79 Å². The van der Waals surface area contributed by atoms with Crippen LogP contribution in [0.5, 0.6) is 0 Å². The van der Waals surface area contributed by atoms with Gasteiger partial charge in [-0.15, -0.1) is 0 Å². The maximum Gasteiger partial charge on any atom is 0.224 e. The molecule has 1 fully saturated rings. The first kappa shape index (κ1) is 12.8. The molecule has 0 saturated carbocycles. The van der Waals surface area contributed by atoms with Crippen LogP contribution in [0, 0.1) is 5.92 Å². The monoisotopic (exact) mass is 230 g/mol. The molecule has 0 bridgehead atoms. The maximum atomic E-state index is 11.8. The van der Waals surface area contributed by atoms with E-state index in [-0.39, 0.29) is 11.8 Å². The molecule has 15 heavy (non-hydrogen) atoms. The lowest BCUT2D eigenvalue weighted by Gasteiger charge is -2.15. The number of rotatable bonds is 5. The van der Waals surface area contributed by atoms with Crippen molar-refractivity contribution in [1.29, 1.82) is 0 Å². The molecule has 0 spiro atoms. The fourth-order valence-corrected chi connectivity index (χ4v) is 2.22. The minimum absolute atomic E-state index is 0.176. The predicted octanol–water partition coefficient (Wildman–Crippen LogP) is 1.24. The molecule has 0 aromatic carbocycles. The van der Waals surface area contributed by atoms with Crippen LogP contribution in [-0.2, 0) is 4.79 Å². The second kappa shape index (κ2) is 6.38. The quantitative estimate of drug-likeness (QED) is 0.747. The van der Waals surface area contributed by atoms with Crippen LogP contribution in [0.15, 0.2) is 0 Å². The van der Waals surface area contributed by atoms with Gasteiger partial charge in [0.15, 0.2) is 0 Å². The third kappa shape index (κ3) is 4.03. The van der Waals surface area contributed by atoms with E-state index < -0.39 is 0 Å². The summed E-state index contributed by atoms with van der Waals surface area (Å²) in [6.45, 7) is 6.06. The summed E-state index contributed by atoms with van der Waals surface area (Å²) in [5, 5.41) is 6.95. The minimum Gasteiger partial charge on any atom is -0.356 e. The van der Waals surface area contributed by atoms with Crippen LogP contribution in [0.2, 0.25) is 0 Å². The molecule has 4 heteroatoms. The second-order valence-electron chi connectivity index (χ2n) is 4.26. The second-order valence-corrected chi connectivity index (χ2v) is 5.54. The van der Waals surface area contributed by atoms with Crippen molar-refractivity contribution in [3.05, 3.63) is 0 Å². The van der Waals surface area contributed by atoms with E-state index in [2.05, 4.69) is 30.7 Å². The van der Waals surface area contributed by atoms with Crippen molar-refractivity contribution in [2.45, 2.75) is 38.0 Å². The highest BCUT2D eigenvalue weighted by Crippen LogP contribution is 2.15. The molecule has 0 radical (unpaired) electrons. The van der Waals surface area contributed by atoms with E-state index in [1.54, 1.807) is 0 Å². The molecule has 1 saturated heterocycles. The van der Waals surface area contributed by atoms with Gasteiger partial charge >= 0.3 is 0 Å². The summed E-state index contributed by atoms with van der Waals surface area (Å²) in [6.07, 6.45) is 4.14. The van der Waals surface area contributed by atoms with Gasteiger partial charge < -0.3 is 10.6 Å². The van der Waals surface area contributed by atoms with Gasteiger partial charge in [-0.2, -0.15) is 11.8 Å². The highest BCUT2D eigenvalue weighted by molar-refractivity contribution is 7.99. The summed E-state index contributed by atoms with van der Waals surface area (Å²) in [4.78, 5) is 11.8. The largest absolute Gasteiger partial charge is 0.356 e. The van der Waals surface area contributed by atoms with Crippen molar-refractivity contribution in [3.8, 4) is 0 Å². The molecule has 1 rings (SSSR count). The lowest BCUT2D eigenvalue weighted by atomic mass is 10.0. The van der Waals surface area contributed by atoms with Gasteiger partial charge in [0, 0.05) is 17.8 Å². The molecule has 88 valence electrons. The highest BCUT2D eigenvalue weighted by atomic mass is 32.2. The Kier molecular flexibility index (Phi) is 5.47. The third-order valence-electron chi connectivity index (χ3n) is 3.11. The molecule has 3 nitrogen and oxygen atoms in total. The predicted molar refractivity (Wildman–Crippen MR) is 66.2 cm³/mol. The number of amides is 1. The molecule has 0 aromatic heterocycles. The summed E-state index contributed by atoms with van der Waals surface area (Å²) in [6, 6.07) is 0.336. The summed E-state index contributed by atoms with van der Waals surface area (Å²) < 4.78 is 0. The van der Waals surface area contributed by atoms with Crippen molar-refractivity contribution in [1.82, 2.24) is 10.6 Å². The fraction of sp³-hybridized carbons (Fsp3) is 0.909. The van der Waals surface area contributed by atoms with Crippen LogP contribution >= 0.6 is 11.8 Å². The van der Waals surface area contributed by atoms with Gasteiger partial charge in [-0.1, -0.05) is 6.92 Å². The molecule has 0 aromatic rings. The maximum absolute atomic E-state index is 11.8. The molecule has 2 N–H and O–H groups in total. The number of nitrogens with one attached hydrogen (secondary N) is 2. The Labute approximate surface area is 96.8 Å². The van der Waals surface area contributed by atoms with Gasteiger partial charge in [0.25, 0.3) is 0 Å². The Morgan fingerprint density at radius 1 is 1.67 bits per heavy atom. The summed E-state index contributed by atoms with van der Waals surface area (Å²) in [5.41, 5.74) is 0. The topological polar surface area (TPSA) is 41.1 Å². The van der Waals surface area contributed by atoms with Gasteiger partial charge in [-0.05, 0) is 32.6 Å². The zero-order chi connectivity index (χ0) is 11.3. The van der Waals surface area contributed by atoms with Crippen molar-refractivity contribution in [2.24, 2.45) is 5.92 Å². The van der Waals surface area contributed by atoms with Crippen LogP contribution in [0.3, 0.4) is 0 Å². The molecule has 1 aliphatic heterocycles. The average Bonchev–Trinajstić information content (AvgIpc) is 2.64. The Hall–Kier alpha value is -0.220. The van der Waals surface area contributed by atoms with Gasteiger partial charge in [0.05, 0.1) is 5.92 Å². The van der Waals surface area contributed by atoms with E-state index in [1.165, 1.54) is 0 Å². The van der Waals surface area contributed by atoms with Gasteiger partial charge in [-0.3, -0.25) is 4.79 Å². The highest BCUT2D eigenvalue weighted by Gasteiger charge is 2.28. The lowest BCUT2D eigenvalue weighted by molar-refractivity contribution is -0.125. The minimum atomic E-state index is 0.176. The number of hydrogen-bond acceptors (Lipinski definition) is 3. The molecule has 3 atom stereocenters. The first-order chi connectivity index (χ1) is 7.15. The SMILES string of the molecule is CSC(C)CCNC(=O)C1CCNC1C. The van der Waals surface area contributed by atoms with E-state index >= 15 is 0 Å². The van der Waals surface area contributed by atoms with E-state index in [0.29, 0.717) is 11.3 Å². The summed E-state index contributed by atoms with van der Waals surface area (Å²) >= 11 is 1.85. The standard InChI is InChI=1S/C11H22N2OS/c1-8(15-3)4-6-13-11(14)10-5-7-12-9(10)2/h8-10,12H,4-7H2,1-3H3,(H,13,14). The van der Waals surface area contributed by atoms with Gasteiger partial charge in [-0.25, -0.2) is 0 Å². The first-order valence-corrected chi connectivity index (χ1v) is 6.97. The smallest absolute Gasteiger partial charge is 0.224 e. The van der Waals surface area contributed by atoms with Gasteiger partial charge in [0.2, 0.25) is 5.91 Å². The van der Waals surface area contributed by atoms with Crippen molar-refractivity contribution in [3.63, 3.8) is 0 Å². The summed E-state index contributed by atoms with van der Waals surface area (Å²) in [7, 11) is 0. The van der Waals surface area contributed by atoms with Crippen molar-refractivity contribution in [2.75, 3.05) is 19.3 Å². The number of thioether (sulfide) groups is 1. The van der Waals surface area contributed by atoms with Crippen LogP contribution in [-0.4, -0.2) is 36.5 Å². The third-order valence-corrected chi connectivity index (χ3v) is 4.15. The van der Waals surface area contributed by atoms with E-state index in [4.69, 9.17) is 0 Å². The lowest BCUT2D eigenvalue weighted by Crippen LogP contribution is -2.37. The normalized spacial score (nSPS) is 27.7.